The number of hydrogen-bond acceptors (Lipinski definition) is 2. The lowest BCUT2D eigenvalue weighted by Gasteiger charge is -2.26. The van der Waals surface area contributed by atoms with E-state index in [0.29, 0.717) is 12.1 Å². The molecule has 1 aliphatic rings. The topological polar surface area (TPSA) is 12.0 Å². The van der Waals surface area contributed by atoms with E-state index >= 15 is 0 Å². The highest BCUT2D eigenvalue weighted by Crippen LogP contribution is 2.19. The van der Waals surface area contributed by atoms with Gasteiger partial charge in [0.2, 0.25) is 0 Å². The fraction of sp³-hybridized carbons (Fsp3) is 0.538. The van der Waals surface area contributed by atoms with E-state index in [9.17, 15) is 0 Å². The second kappa shape index (κ2) is 4.95. The van der Waals surface area contributed by atoms with Crippen molar-refractivity contribution in [2.45, 2.75) is 45.2 Å². The summed E-state index contributed by atoms with van der Waals surface area (Å²) < 4.78 is 0. The highest BCUT2D eigenvalue weighted by atomic mass is 32.1. The van der Waals surface area contributed by atoms with Gasteiger partial charge >= 0.3 is 0 Å². The molecule has 1 aliphatic heterocycles. The molecule has 0 amide bonds. The van der Waals surface area contributed by atoms with E-state index in [1.807, 2.05) is 11.3 Å². The number of nitrogens with one attached hydrogen (secondary N) is 1. The molecule has 2 heteroatoms. The van der Waals surface area contributed by atoms with Crippen LogP contribution in [0.1, 0.15) is 36.6 Å². The van der Waals surface area contributed by atoms with Gasteiger partial charge in [-0.05, 0) is 49.8 Å². The maximum atomic E-state index is 3.62. The van der Waals surface area contributed by atoms with Crippen LogP contribution in [0.2, 0.25) is 0 Å². The summed E-state index contributed by atoms with van der Waals surface area (Å²) in [6.07, 6.45) is 8.56. The predicted octanol–water partition coefficient (Wildman–Crippen LogP) is 3.60. The Labute approximate surface area is 96.2 Å². The highest BCUT2D eigenvalue weighted by Gasteiger charge is 2.14. The molecule has 2 heterocycles. The molecule has 1 aromatic heterocycles. The normalized spacial score (nSPS) is 27.3. The minimum Gasteiger partial charge on any atom is -0.308 e. The van der Waals surface area contributed by atoms with Gasteiger partial charge in [-0.1, -0.05) is 12.5 Å². The molecule has 0 aromatic carbocycles. The van der Waals surface area contributed by atoms with E-state index in [1.165, 1.54) is 29.7 Å². The van der Waals surface area contributed by atoms with Gasteiger partial charge in [-0.2, -0.15) is 0 Å². The zero-order chi connectivity index (χ0) is 10.7. The van der Waals surface area contributed by atoms with E-state index in [1.54, 1.807) is 0 Å². The zero-order valence-electron chi connectivity index (χ0n) is 9.49. The zero-order valence-corrected chi connectivity index (χ0v) is 10.3. The molecule has 1 fully saturated rings. The summed E-state index contributed by atoms with van der Waals surface area (Å²) in [7, 11) is 0. The van der Waals surface area contributed by atoms with E-state index in [2.05, 4.69) is 42.8 Å². The number of rotatable bonds is 2. The third kappa shape index (κ3) is 2.93. The van der Waals surface area contributed by atoms with E-state index < -0.39 is 0 Å². The molecule has 0 saturated carbocycles. The summed E-state index contributed by atoms with van der Waals surface area (Å²) in [5.74, 6) is 0. The van der Waals surface area contributed by atoms with Gasteiger partial charge in [0, 0.05) is 17.0 Å². The van der Waals surface area contributed by atoms with Crippen LogP contribution >= 0.6 is 11.3 Å². The molecule has 0 radical (unpaired) electrons. The molecule has 15 heavy (non-hydrogen) atoms. The van der Waals surface area contributed by atoms with Crippen molar-refractivity contribution >= 4 is 17.4 Å². The van der Waals surface area contributed by atoms with Gasteiger partial charge in [-0.15, -0.1) is 11.3 Å². The molecule has 1 aromatic rings. The Kier molecular flexibility index (Phi) is 3.60. The van der Waals surface area contributed by atoms with Crippen molar-refractivity contribution in [2.24, 2.45) is 0 Å². The third-order valence-electron chi connectivity index (χ3n) is 3.03. The van der Waals surface area contributed by atoms with Crippen molar-refractivity contribution in [2.75, 3.05) is 0 Å². The molecular weight excluding hydrogens is 202 g/mol. The van der Waals surface area contributed by atoms with Crippen LogP contribution in [0.5, 0.6) is 0 Å². The maximum absolute atomic E-state index is 3.62. The lowest BCUT2D eigenvalue weighted by Crippen LogP contribution is -2.39. The van der Waals surface area contributed by atoms with Crippen LogP contribution in [-0.4, -0.2) is 12.1 Å². The highest BCUT2D eigenvalue weighted by molar-refractivity contribution is 7.11. The average Bonchev–Trinajstić information content (AvgIpc) is 2.61. The van der Waals surface area contributed by atoms with Gasteiger partial charge in [0.15, 0.2) is 0 Å². The van der Waals surface area contributed by atoms with Crippen LogP contribution in [0.15, 0.2) is 17.5 Å². The van der Waals surface area contributed by atoms with Crippen molar-refractivity contribution in [3.8, 4) is 0 Å². The van der Waals surface area contributed by atoms with E-state index in [4.69, 9.17) is 0 Å². The Hall–Kier alpha value is -0.600. The SMILES string of the molecule is Cc1ccsc1/C=C/C1CCCC(C)N1. The van der Waals surface area contributed by atoms with Gasteiger partial charge in [0.1, 0.15) is 0 Å². The maximum Gasteiger partial charge on any atom is 0.0296 e. The van der Waals surface area contributed by atoms with Gasteiger partial charge in [-0.25, -0.2) is 0 Å². The second-order valence-corrected chi connectivity index (χ2v) is 5.38. The predicted molar refractivity (Wildman–Crippen MR) is 68.3 cm³/mol. The summed E-state index contributed by atoms with van der Waals surface area (Å²) in [5, 5.41) is 5.77. The van der Waals surface area contributed by atoms with Crippen LogP contribution in [-0.2, 0) is 0 Å². The summed E-state index contributed by atoms with van der Waals surface area (Å²) in [5.41, 5.74) is 1.39. The fourth-order valence-corrected chi connectivity index (χ4v) is 2.92. The lowest BCUT2D eigenvalue weighted by molar-refractivity contribution is 0.375. The minimum absolute atomic E-state index is 0.579. The summed E-state index contributed by atoms with van der Waals surface area (Å²) in [4.78, 5) is 1.40. The molecule has 2 unspecified atom stereocenters. The van der Waals surface area contributed by atoms with Crippen LogP contribution in [0.25, 0.3) is 6.08 Å². The Morgan fingerprint density at radius 2 is 2.33 bits per heavy atom. The standard InChI is InChI=1S/C13H19NS/c1-10-8-9-15-13(10)7-6-12-5-3-4-11(2)14-12/h6-9,11-12,14H,3-5H2,1-2H3/b7-6+. The molecule has 1 nitrogen and oxygen atoms in total. The monoisotopic (exact) mass is 221 g/mol. The smallest absolute Gasteiger partial charge is 0.0296 e. The van der Waals surface area contributed by atoms with Gasteiger partial charge in [0.25, 0.3) is 0 Å². The van der Waals surface area contributed by atoms with E-state index in [0.717, 1.165) is 0 Å². The molecule has 82 valence electrons. The summed E-state index contributed by atoms with van der Waals surface area (Å²) in [6.45, 7) is 4.45. The Morgan fingerprint density at radius 1 is 1.47 bits per heavy atom. The molecule has 0 bridgehead atoms. The van der Waals surface area contributed by atoms with E-state index in [-0.39, 0.29) is 0 Å². The van der Waals surface area contributed by atoms with Crippen molar-refractivity contribution in [3.05, 3.63) is 28.0 Å². The van der Waals surface area contributed by atoms with Gasteiger partial charge in [-0.3, -0.25) is 0 Å². The molecule has 0 spiro atoms. The molecule has 0 aliphatic carbocycles. The first kappa shape index (κ1) is 10.9. The van der Waals surface area contributed by atoms with Crippen molar-refractivity contribution in [3.63, 3.8) is 0 Å². The first-order chi connectivity index (χ1) is 7.25. The fourth-order valence-electron chi connectivity index (χ4n) is 2.09. The van der Waals surface area contributed by atoms with Crippen molar-refractivity contribution in [1.29, 1.82) is 0 Å². The first-order valence-corrected chi connectivity index (χ1v) is 6.62. The quantitative estimate of drug-likeness (QED) is 0.804. The lowest BCUT2D eigenvalue weighted by atomic mass is 9.99. The molecule has 2 atom stereocenters. The number of thiophene rings is 1. The number of aryl methyl sites for hydroxylation is 1. The average molecular weight is 221 g/mol. The Balaban J connectivity index is 1.96. The molecule has 2 rings (SSSR count). The van der Waals surface area contributed by atoms with Crippen molar-refractivity contribution < 1.29 is 0 Å². The largest absolute Gasteiger partial charge is 0.308 e. The Morgan fingerprint density at radius 3 is 3.00 bits per heavy atom. The molecule has 1 N–H and O–H groups in total. The number of piperidine rings is 1. The van der Waals surface area contributed by atoms with Crippen LogP contribution < -0.4 is 5.32 Å². The van der Waals surface area contributed by atoms with Gasteiger partial charge < -0.3 is 5.32 Å². The third-order valence-corrected chi connectivity index (χ3v) is 4.02. The van der Waals surface area contributed by atoms with Gasteiger partial charge in [0.05, 0.1) is 0 Å². The molecule has 1 saturated heterocycles. The number of hydrogen-bond donors (Lipinski definition) is 1. The first-order valence-electron chi connectivity index (χ1n) is 5.74. The van der Waals surface area contributed by atoms with Crippen LogP contribution in [0, 0.1) is 6.92 Å². The van der Waals surface area contributed by atoms with Crippen molar-refractivity contribution in [1.82, 2.24) is 5.32 Å². The summed E-state index contributed by atoms with van der Waals surface area (Å²) >= 11 is 1.82. The minimum atomic E-state index is 0.579. The van der Waals surface area contributed by atoms with Crippen LogP contribution in [0.4, 0.5) is 0 Å². The second-order valence-electron chi connectivity index (χ2n) is 4.43. The van der Waals surface area contributed by atoms with Crippen LogP contribution in [0.3, 0.4) is 0 Å². The Bertz CT molecular complexity index is 340. The summed E-state index contributed by atoms with van der Waals surface area (Å²) in [6, 6.07) is 3.44. The molecular formula is C13H19NS.